The second kappa shape index (κ2) is 9.32. The van der Waals surface area contributed by atoms with Gasteiger partial charge >= 0.3 is 0 Å². The fraction of sp³-hybridized carbons (Fsp3) is 0.552. The number of likely N-dealkylation sites (N-methyl/N-ethyl adjacent to an activating group) is 1. The largest absolute Gasteiger partial charge is 0.508 e. The average molecular weight is 555 g/mol. The normalized spacial score (nSPS) is 30.1. The van der Waals surface area contributed by atoms with Crippen LogP contribution >= 0.6 is 0 Å². The van der Waals surface area contributed by atoms with Crippen molar-refractivity contribution in [2.75, 3.05) is 39.6 Å². The first-order chi connectivity index (χ1) is 18.6. The lowest BCUT2D eigenvalue weighted by Crippen LogP contribution is -2.65. The maximum absolute atomic E-state index is 14.0. The SMILES string of the molecule is CC(C)N(C)C1CCN(C)c2c1cc(O)c1c2C[C@@H]2C[C@@H]3[C@@H](N(C)C)C(=O)C(C(N)=O)=C(O)[C@@]3(O)C(=O)C2=C1O. The number of aromatic hydroxyl groups is 1. The second-order valence-corrected chi connectivity index (χ2v) is 12.1. The number of Topliss-reactive ketones (excluding diaryl/α,β-unsaturated/α-hetero) is 2. The molecule has 5 rings (SSSR count). The fourth-order valence-corrected chi connectivity index (χ4v) is 7.40. The molecule has 0 bridgehead atoms. The summed E-state index contributed by atoms with van der Waals surface area (Å²) < 4.78 is 0. The lowest BCUT2D eigenvalue weighted by atomic mass is 9.57. The molecule has 6 N–H and O–H groups in total. The minimum absolute atomic E-state index is 0.0383. The monoisotopic (exact) mass is 554 g/mol. The molecule has 1 unspecified atom stereocenters. The Balaban J connectivity index is 1.73. The number of aliphatic hydroxyl groups is 3. The van der Waals surface area contributed by atoms with Gasteiger partial charge < -0.3 is 31.1 Å². The third kappa shape index (κ3) is 3.64. The van der Waals surface area contributed by atoms with Crippen molar-refractivity contribution in [1.82, 2.24) is 9.80 Å². The molecule has 4 aliphatic rings. The number of rotatable bonds is 4. The van der Waals surface area contributed by atoms with E-state index in [-0.39, 0.29) is 41.8 Å². The maximum Gasteiger partial charge on any atom is 0.255 e. The molecule has 1 fully saturated rings. The molecule has 5 atom stereocenters. The zero-order valence-corrected chi connectivity index (χ0v) is 23.7. The Kier molecular flexibility index (Phi) is 6.56. The summed E-state index contributed by atoms with van der Waals surface area (Å²) in [5.74, 6) is -6.46. The number of phenols is 1. The molecule has 1 aromatic carbocycles. The lowest BCUT2D eigenvalue weighted by Gasteiger charge is -2.50. The molecule has 0 radical (unpaired) electrons. The zero-order chi connectivity index (χ0) is 29.6. The highest BCUT2D eigenvalue weighted by molar-refractivity contribution is 6.24. The van der Waals surface area contributed by atoms with Crippen molar-refractivity contribution in [3.05, 3.63) is 39.7 Å². The van der Waals surface area contributed by atoms with E-state index in [0.717, 1.165) is 24.2 Å². The summed E-state index contributed by atoms with van der Waals surface area (Å²) in [6, 6.07) is 0.823. The van der Waals surface area contributed by atoms with Crippen LogP contribution in [0.2, 0.25) is 0 Å². The molecule has 1 aromatic rings. The van der Waals surface area contributed by atoms with Crippen molar-refractivity contribution in [2.24, 2.45) is 17.6 Å². The molecule has 40 heavy (non-hydrogen) atoms. The van der Waals surface area contributed by atoms with Crippen molar-refractivity contribution in [1.29, 1.82) is 0 Å². The first kappa shape index (κ1) is 28.1. The number of phenolic OH excluding ortho intramolecular Hbond substituents is 1. The molecule has 0 spiro atoms. The standard InChI is InChI=1S/C29H38N4O7/c1-12(2)33(6)17-7-8-32(5)22-14(17)11-18(34)20-15(22)9-13-10-16-23(31(3)4)25(36)21(28(30)39)27(38)29(16,40)26(37)19(13)24(20)35/h11-13,16-17,23,34-35,38,40H,7-10H2,1-6H3,(H2,30,39)/t13-,16-,17?,23-,29+/m1/s1. The van der Waals surface area contributed by atoms with E-state index in [2.05, 4.69) is 23.6 Å². The van der Waals surface area contributed by atoms with Gasteiger partial charge in [0.15, 0.2) is 11.4 Å². The van der Waals surface area contributed by atoms with Crippen LogP contribution in [0.15, 0.2) is 23.0 Å². The Hall–Kier alpha value is -3.41. The number of carbonyl (C=O) groups excluding carboxylic acids is 3. The van der Waals surface area contributed by atoms with Gasteiger partial charge in [0.2, 0.25) is 5.78 Å². The predicted molar refractivity (Wildman–Crippen MR) is 148 cm³/mol. The van der Waals surface area contributed by atoms with Crippen molar-refractivity contribution >= 4 is 28.9 Å². The number of nitrogens with two attached hydrogens (primary N) is 1. The van der Waals surface area contributed by atoms with Crippen LogP contribution in [0.1, 0.15) is 49.4 Å². The summed E-state index contributed by atoms with van der Waals surface area (Å²) in [7, 11) is 7.17. The Morgan fingerprint density at radius 2 is 1.82 bits per heavy atom. The summed E-state index contributed by atoms with van der Waals surface area (Å²) in [5.41, 5.74) is 4.42. The van der Waals surface area contributed by atoms with Crippen LogP contribution in [-0.2, 0) is 20.8 Å². The van der Waals surface area contributed by atoms with Crippen LogP contribution in [0, 0.1) is 11.8 Å². The Labute approximate surface area is 233 Å². The van der Waals surface area contributed by atoms with Gasteiger partial charge in [-0.2, -0.15) is 0 Å². The van der Waals surface area contributed by atoms with E-state index in [4.69, 9.17) is 5.73 Å². The van der Waals surface area contributed by atoms with Crippen molar-refractivity contribution < 1.29 is 34.8 Å². The number of fused-ring (bicyclic) bond motifs is 5. The molecule has 216 valence electrons. The number of anilines is 1. The first-order valence-corrected chi connectivity index (χ1v) is 13.6. The highest BCUT2D eigenvalue weighted by Crippen LogP contribution is 2.55. The number of primary amides is 1. The van der Waals surface area contributed by atoms with Gasteiger partial charge in [-0.1, -0.05) is 0 Å². The van der Waals surface area contributed by atoms with E-state index in [9.17, 15) is 34.8 Å². The molecule has 0 saturated heterocycles. The van der Waals surface area contributed by atoms with E-state index >= 15 is 0 Å². The number of nitrogens with zero attached hydrogens (tertiary/aromatic N) is 3. The van der Waals surface area contributed by atoms with E-state index < -0.39 is 58.0 Å². The van der Waals surface area contributed by atoms with E-state index in [1.807, 2.05) is 14.1 Å². The van der Waals surface area contributed by atoms with Gasteiger partial charge in [0, 0.05) is 42.9 Å². The van der Waals surface area contributed by atoms with Crippen LogP contribution in [0.5, 0.6) is 5.75 Å². The number of ketones is 2. The van der Waals surface area contributed by atoms with Crippen LogP contribution in [0.3, 0.4) is 0 Å². The van der Waals surface area contributed by atoms with Gasteiger partial charge in [0.1, 0.15) is 22.8 Å². The van der Waals surface area contributed by atoms with Crippen molar-refractivity contribution in [3.63, 3.8) is 0 Å². The third-order valence-corrected chi connectivity index (χ3v) is 9.51. The van der Waals surface area contributed by atoms with Gasteiger partial charge in [-0.25, -0.2) is 0 Å². The quantitative estimate of drug-likeness (QED) is 0.341. The Morgan fingerprint density at radius 1 is 1.18 bits per heavy atom. The smallest absolute Gasteiger partial charge is 0.255 e. The molecule has 1 aliphatic heterocycles. The summed E-state index contributed by atoms with van der Waals surface area (Å²) in [6.07, 6.45) is 1.18. The van der Waals surface area contributed by atoms with E-state index in [1.54, 1.807) is 20.2 Å². The van der Waals surface area contributed by atoms with Gasteiger partial charge in [-0.05, 0) is 77.4 Å². The van der Waals surface area contributed by atoms with Crippen molar-refractivity contribution in [2.45, 2.75) is 56.8 Å². The molecule has 11 nitrogen and oxygen atoms in total. The van der Waals surface area contributed by atoms with Gasteiger partial charge in [-0.15, -0.1) is 0 Å². The first-order valence-electron chi connectivity index (χ1n) is 13.6. The molecular weight excluding hydrogens is 516 g/mol. The maximum atomic E-state index is 14.0. The number of benzene rings is 1. The molecule has 1 heterocycles. The van der Waals surface area contributed by atoms with Gasteiger partial charge in [0.25, 0.3) is 5.91 Å². The molecule has 3 aliphatic carbocycles. The summed E-state index contributed by atoms with van der Waals surface area (Å²) in [4.78, 5) is 45.3. The number of amides is 1. The van der Waals surface area contributed by atoms with Gasteiger partial charge in [0.05, 0.1) is 11.6 Å². The zero-order valence-electron chi connectivity index (χ0n) is 23.7. The predicted octanol–water partition coefficient (Wildman–Crippen LogP) is 1.19. The highest BCUT2D eigenvalue weighted by atomic mass is 16.3. The minimum atomic E-state index is -2.64. The van der Waals surface area contributed by atoms with Gasteiger partial charge in [-0.3, -0.25) is 24.2 Å². The van der Waals surface area contributed by atoms with Crippen LogP contribution in [0.4, 0.5) is 5.69 Å². The van der Waals surface area contributed by atoms with E-state index in [0.29, 0.717) is 5.56 Å². The molecule has 11 heteroatoms. The lowest BCUT2D eigenvalue weighted by molar-refractivity contribution is -0.153. The fourth-order valence-electron chi connectivity index (χ4n) is 7.40. The average Bonchev–Trinajstić information content (AvgIpc) is 2.85. The topological polar surface area (TPSA) is 168 Å². The summed E-state index contributed by atoms with van der Waals surface area (Å²) in [5, 5.41) is 45.5. The minimum Gasteiger partial charge on any atom is -0.508 e. The molecule has 1 amide bonds. The number of hydrogen-bond acceptors (Lipinski definition) is 10. The second-order valence-electron chi connectivity index (χ2n) is 12.1. The summed E-state index contributed by atoms with van der Waals surface area (Å²) >= 11 is 0. The van der Waals surface area contributed by atoms with Crippen LogP contribution < -0.4 is 10.6 Å². The Morgan fingerprint density at radius 3 is 2.40 bits per heavy atom. The highest BCUT2D eigenvalue weighted by Gasteiger charge is 2.64. The van der Waals surface area contributed by atoms with Crippen molar-refractivity contribution in [3.8, 4) is 5.75 Å². The third-order valence-electron chi connectivity index (χ3n) is 9.51. The summed E-state index contributed by atoms with van der Waals surface area (Å²) in [6.45, 7) is 4.96. The molecule has 0 aromatic heterocycles. The van der Waals surface area contributed by atoms with Crippen LogP contribution in [-0.4, -0.2) is 100 Å². The van der Waals surface area contributed by atoms with Crippen LogP contribution in [0.25, 0.3) is 5.76 Å². The molecule has 1 saturated carbocycles. The Bertz CT molecular complexity index is 1400. The van der Waals surface area contributed by atoms with E-state index in [1.165, 1.54) is 4.90 Å². The number of hydrogen-bond donors (Lipinski definition) is 5. The number of aliphatic hydroxyl groups excluding tert-OH is 2. The number of carbonyl (C=O) groups is 3. The molecular formula is C29H38N4O7.